The molecule has 0 atom stereocenters. The summed E-state index contributed by atoms with van der Waals surface area (Å²) in [6.07, 6.45) is 0. The van der Waals surface area contributed by atoms with E-state index in [1.165, 1.54) is 11.3 Å². The molecular formula is C19H26N2O2S. The molecule has 0 aliphatic rings. The second-order valence-corrected chi connectivity index (χ2v) is 6.90. The molecule has 0 aliphatic carbocycles. The topological polar surface area (TPSA) is 41.6 Å². The van der Waals surface area contributed by atoms with Crippen LogP contribution in [0, 0.1) is 0 Å². The third kappa shape index (κ3) is 4.58. The minimum absolute atomic E-state index is 0.0705. The third-order valence-corrected chi connectivity index (χ3v) is 5.17. The van der Waals surface area contributed by atoms with Gasteiger partial charge in [-0.2, -0.15) is 0 Å². The molecule has 0 saturated heterocycles. The van der Waals surface area contributed by atoms with Crippen molar-refractivity contribution in [1.29, 1.82) is 0 Å². The molecule has 0 fully saturated rings. The van der Waals surface area contributed by atoms with E-state index < -0.39 is 0 Å². The van der Waals surface area contributed by atoms with Crippen LogP contribution >= 0.6 is 11.3 Å². The van der Waals surface area contributed by atoms with Crippen LogP contribution in [0.15, 0.2) is 36.4 Å². The second kappa shape index (κ2) is 8.85. The summed E-state index contributed by atoms with van der Waals surface area (Å²) >= 11 is 1.47. The second-order valence-electron chi connectivity index (χ2n) is 5.85. The Bertz CT molecular complexity index is 653. The number of likely N-dealkylation sites (N-methyl/N-ethyl adjacent to an activating group) is 1. The molecule has 5 heteroatoms. The lowest BCUT2D eigenvalue weighted by atomic mass is 10.2. The van der Waals surface area contributed by atoms with Crippen molar-refractivity contribution in [2.24, 2.45) is 0 Å². The number of benzene rings is 1. The number of hydrogen-bond donors (Lipinski definition) is 1. The van der Waals surface area contributed by atoms with Crippen LogP contribution in [-0.2, 0) is 0 Å². The van der Waals surface area contributed by atoms with Crippen molar-refractivity contribution in [3.8, 4) is 16.2 Å². The molecule has 0 unspecified atom stereocenters. The molecule has 0 radical (unpaired) electrons. The summed E-state index contributed by atoms with van der Waals surface area (Å²) in [6, 6.07) is 12.5. The SMILES string of the molecule is CCN(CCNC(=O)c1sc(-c2ccccc2)cc1OC)C(C)C. The monoisotopic (exact) mass is 346 g/mol. The molecule has 1 aromatic heterocycles. The fraction of sp³-hybridized carbons (Fsp3) is 0.421. The average molecular weight is 346 g/mol. The fourth-order valence-corrected chi connectivity index (χ4v) is 3.65. The first-order valence-electron chi connectivity index (χ1n) is 8.32. The molecule has 130 valence electrons. The van der Waals surface area contributed by atoms with Crippen LogP contribution in [0.2, 0.25) is 0 Å². The van der Waals surface area contributed by atoms with Gasteiger partial charge in [-0.15, -0.1) is 11.3 Å². The molecule has 0 saturated carbocycles. The van der Waals surface area contributed by atoms with Gasteiger partial charge in [0, 0.05) is 24.0 Å². The van der Waals surface area contributed by atoms with Crippen LogP contribution in [0.25, 0.3) is 10.4 Å². The van der Waals surface area contributed by atoms with Crippen molar-refractivity contribution >= 4 is 17.2 Å². The van der Waals surface area contributed by atoms with E-state index in [1.54, 1.807) is 7.11 Å². The van der Waals surface area contributed by atoms with E-state index in [1.807, 2.05) is 36.4 Å². The Morgan fingerprint density at radius 3 is 2.58 bits per heavy atom. The maximum atomic E-state index is 12.5. The molecule has 0 aliphatic heterocycles. The first-order chi connectivity index (χ1) is 11.6. The van der Waals surface area contributed by atoms with Gasteiger partial charge in [-0.3, -0.25) is 9.69 Å². The van der Waals surface area contributed by atoms with E-state index in [0.29, 0.717) is 23.2 Å². The van der Waals surface area contributed by atoms with Gasteiger partial charge in [0.1, 0.15) is 10.6 Å². The normalized spacial score (nSPS) is 11.1. The van der Waals surface area contributed by atoms with E-state index in [4.69, 9.17) is 4.74 Å². The quantitative estimate of drug-likeness (QED) is 0.788. The van der Waals surface area contributed by atoms with Crippen LogP contribution in [0.4, 0.5) is 0 Å². The zero-order chi connectivity index (χ0) is 17.5. The number of amides is 1. The molecule has 0 bridgehead atoms. The number of nitrogens with one attached hydrogen (secondary N) is 1. The molecular weight excluding hydrogens is 320 g/mol. The number of carbonyl (C=O) groups is 1. The molecule has 1 heterocycles. The van der Waals surface area contributed by atoms with Crippen LogP contribution in [0.1, 0.15) is 30.4 Å². The fourth-order valence-electron chi connectivity index (χ4n) is 2.60. The molecule has 1 aromatic carbocycles. The van der Waals surface area contributed by atoms with E-state index >= 15 is 0 Å². The van der Waals surface area contributed by atoms with E-state index in [-0.39, 0.29) is 5.91 Å². The molecule has 24 heavy (non-hydrogen) atoms. The number of nitrogens with zero attached hydrogens (tertiary/aromatic N) is 1. The Labute approximate surface area is 148 Å². The summed E-state index contributed by atoms with van der Waals surface area (Å²) in [5, 5.41) is 3.01. The van der Waals surface area contributed by atoms with Gasteiger partial charge < -0.3 is 10.1 Å². The molecule has 4 nitrogen and oxygen atoms in total. The smallest absolute Gasteiger partial charge is 0.265 e. The van der Waals surface area contributed by atoms with Crippen LogP contribution in [0.5, 0.6) is 5.75 Å². The van der Waals surface area contributed by atoms with Crippen molar-refractivity contribution in [2.75, 3.05) is 26.7 Å². The van der Waals surface area contributed by atoms with E-state index in [9.17, 15) is 4.79 Å². The minimum atomic E-state index is -0.0705. The van der Waals surface area contributed by atoms with Crippen LogP contribution < -0.4 is 10.1 Å². The highest BCUT2D eigenvalue weighted by Gasteiger charge is 2.18. The van der Waals surface area contributed by atoms with Crippen molar-refractivity contribution < 1.29 is 9.53 Å². The number of carbonyl (C=O) groups excluding carboxylic acids is 1. The van der Waals surface area contributed by atoms with E-state index in [0.717, 1.165) is 23.5 Å². The Kier molecular flexibility index (Phi) is 6.82. The summed E-state index contributed by atoms with van der Waals surface area (Å²) in [7, 11) is 1.60. The first-order valence-corrected chi connectivity index (χ1v) is 9.14. The van der Waals surface area contributed by atoms with Gasteiger partial charge in [-0.05, 0) is 32.0 Å². The van der Waals surface area contributed by atoms with Gasteiger partial charge in [-0.25, -0.2) is 0 Å². The highest BCUT2D eigenvalue weighted by molar-refractivity contribution is 7.17. The Morgan fingerprint density at radius 1 is 1.29 bits per heavy atom. The highest BCUT2D eigenvalue weighted by Crippen LogP contribution is 2.36. The number of rotatable bonds is 8. The lowest BCUT2D eigenvalue weighted by Gasteiger charge is -2.24. The lowest BCUT2D eigenvalue weighted by Crippen LogP contribution is -2.38. The van der Waals surface area contributed by atoms with Crippen molar-refractivity contribution in [3.63, 3.8) is 0 Å². The summed E-state index contributed by atoms with van der Waals surface area (Å²) in [4.78, 5) is 16.5. The van der Waals surface area contributed by atoms with Crippen molar-refractivity contribution in [3.05, 3.63) is 41.3 Å². The lowest BCUT2D eigenvalue weighted by molar-refractivity contribution is 0.0947. The summed E-state index contributed by atoms with van der Waals surface area (Å²) < 4.78 is 5.39. The van der Waals surface area contributed by atoms with Gasteiger partial charge >= 0.3 is 0 Å². The maximum Gasteiger partial charge on any atom is 0.265 e. The van der Waals surface area contributed by atoms with E-state index in [2.05, 4.69) is 31.0 Å². The van der Waals surface area contributed by atoms with Gasteiger partial charge in [0.05, 0.1) is 7.11 Å². The average Bonchev–Trinajstić information content (AvgIpc) is 3.03. The van der Waals surface area contributed by atoms with Gasteiger partial charge in [0.25, 0.3) is 5.91 Å². The first kappa shape index (κ1) is 18.5. The van der Waals surface area contributed by atoms with Gasteiger partial charge in [-0.1, -0.05) is 37.3 Å². The summed E-state index contributed by atoms with van der Waals surface area (Å²) in [5.41, 5.74) is 1.09. The number of methoxy groups -OCH3 is 1. The molecule has 2 aromatic rings. The largest absolute Gasteiger partial charge is 0.495 e. The van der Waals surface area contributed by atoms with Crippen molar-refractivity contribution in [1.82, 2.24) is 10.2 Å². The molecule has 0 spiro atoms. The summed E-state index contributed by atoms with van der Waals surface area (Å²) in [6.45, 7) is 8.93. The zero-order valence-electron chi connectivity index (χ0n) is 14.8. The van der Waals surface area contributed by atoms with Crippen LogP contribution in [0.3, 0.4) is 0 Å². The molecule has 2 rings (SSSR count). The Morgan fingerprint density at radius 2 is 2.00 bits per heavy atom. The number of hydrogen-bond acceptors (Lipinski definition) is 4. The van der Waals surface area contributed by atoms with Crippen LogP contribution in [-0.4, -0.2) is 43.6 Å². The van der Waals surface area contributed by atoms with Gasteiger partial charge in [0.2, 0.25) is 0 Å². The standard InChI is InChI=1S/C19H26N2O2S/c1-5-21(14(2)3)12-11-20-19(22)18-16(23-4)13-17(24-18)15-9-7-6-8-10-15/h6-10,13-14H,5,11-12H2,1-4H3,(H,20,22). The zero-order valence-corrected chi connectivity index (χ0v) is 15.7. The predicted octanol–water partition coefficient (Wildman–Crippen LogP) is 3.88. The highest BCUT2D eigenvalue weighted by atomic mass is 32.1. The third-order valence-electron chi connectivity index (χ3n) is 4.00. The Balaban J connectivity index is 2.05. The Hall–Kier alpha value is -1.85. The number of ether oxygens (including phenoxy) is 1. The maximum absolute atomic E-state index is 12.5. The molecule has 1 amide bonds. The van der Waals surface area contributed by atoms with Gasteiger partial charge in [0.15, 0.2) is 0 Å². The minimum Gasteiger partial charge on any atom is -0.495 e. The predicted molar refractivity (Wildman–Crippen MR) is 101 cm³/mol. The molecule has 1 N–H and O–H groups in total. The summed E-state index contributed by atoms with van der Waals surface area (Å²) in [5.74, 6) is 0.561. The van der Waals surface area contributed by atoms with Crippen molar-refractivity contribution in [2.45, 2.75) is 26.8 Å². The number of thiophene rings is 1.